The molecule has 0 aliphatic carbocycles. The summed E-state index contributed by atoms with van der Waals surface area (Å²) in [6.45, 7) is 1.76. The van der Waals surface area contributed by atoms with Gasteiger partial charge in [0.25, 0.3) is 0 Å². The third-order valence-electron chi connectivity index (χ3n) is 2.37. The summed E-state index contributed by atoms with van der Waals surface area (Å²) in [5.41, 5.74) is 4.30. The molecular weight excluding hydrogens is 190 g/mol. The molecule has 0 saturated heterocycles. The molecule has 0 unspecified atom stereocenters. The molecule has 15 heavy (non-hydrogen) atoms. The van der Waals surface area contributed by atoms with Crippen molar-refractivity contribution in [3.63, 3.8) is 0 Å². The van der Waals surface area contributed by atoms with Crippen LogP contribution in [0.3, 0.4) is 0 Å². The molecule has 1 aromatic heterocycles. The van der Waals surface area contributed by atoms with Crippen LogP contribution in [-0.4, -0.2) is 28.0 Å². The monoisotopic (exact) mass is 201 g/mol. The van der Waals surface area contributed by atoms with Crippen LogP contribution in [0, 0.1) is 0 Å². The molecule has 2 heterocycles. The molecule has 1 aromatic carbocycles. The van der Waals surface area contributed by atoms with Crippen LogP contribution < -0.4 is 10.7 Å². The van der Waals surface area contributed by atoms with E-state index in [-0.39, 0.29) is 0 Å². The Morgan fingerprint density at radius 1 is 1.07 bits per heavy atom. The van der Waals surface area contributed by atoms with Crippen LogP contribution in [0.4, 0.5) is 5.95 Å². The second-order valence-electron chi connectivity index (χ2n) is 3.38. The molecule has 0 saturated carbocycles. The lowest BCUT2D eigenvalue weighted by atomic mass is 10.2. The zero-order valence-electron chi connectivity index (χ0n) is 8.14. The molecule has 0 bridgehead atoms. The predicted molar refractivity (Wildman–Crippen MR) is 58.2 cm³/mol. The molecule has 2 N–H and O–H groups in total. The van der Waals surface area contributed by atoms with E-state index in [1.54, 1.807) is 0 Å². The molecule has 0 atom stereocenters. The van der Waals surface area contributed by atoms with Crippen LogP contribution >= 0.6 is 0 Å². The minimum Gasteiger partial charge on any atom is -0.351 e. The summed E-state index contributed by atoms with van der Waals surface area (Å²) in [4.78, 5) is 0. The summed E-state index contributed by atoms with van der Waals surface area (Å²) >= 11 is 0. The van der Waals surface area contributed by atoms with Crippen molar-refractivity contribution in [2.24, 2.45) is 0 Å². The standard InChI is InChI=1S/C10H11N5/c1-2-4-8(5-3-1)9-13-14-10-11-6-7-12-15(9)10/h1-5,12H,6-7H2,(H,11,14). The summed E-state index contributed by atoms with van der Waals surface area (Å²) in [6.07, 6.45) is 0. The highest BCUT2D eigenvalue weighted by Crippen LogP contribution is 2.19. The van der Waals surface area contributed by atoms with E-state index in [2.05, 4.69) is 20.9 Å². The summed E-state index contributed by atoms with van der Waals surface area (Å²) in [5, 5.41) is 11.4. The van der Waals surface area contributed by atoms with Crippen molar-refractivity contribution < 1.29 is 0 Å². The van der Waals surface area contributed by atoms with Crippen molar-refractivity contribution in [3.05, 3.63) is 30.3 Å². The first kappa shape index (κ1) is 8.28. The summed E-state index contributed by atoms with van der Waals surface area (Å²) < 4.78 is 1.89. The van der Waals surface area contributed by atoms with Crippen molar-refractivity contribution >= 4 is 5.95 Å². The number of hydrogen-bond donors (Lipinski definition) is 2. The van der Waals surface area contributed by atoms with Gasteiger partial charge < -0.3 is 10.7 Å². The number of hydrogen-bond acceptors (Lipinski definition) is 4. The molecule has 5 nitrogen and oxygen atoms in total. The van der Waals surface area contributed by atoms with Gasteiger partial charge in [-0.15, -0.1) is 10.2 Å². The van der Waals surface area contributed by atoms with Gasteiger partial charge in [-0.1, -0.05) is 30.3 Å². The van der Waals surface area contributed by atoms with Crippen LogP contribution in [0.1, 0.15) is 0 Å². The normalized spacial score (nSPS) is 13.9. The fraction of sp³-hybridized carbons (Fsp3) is 0.200. The molecular formula is C10H11N5. The summed E-state index contributed by atoms with van der Waals surface area (Å²) in [6, 6.07) is 10.0. The summed E-state index contributed by atoms with van der Waals surface area (Å²) in [5.74, 6) is 1.62. The average molecular weight is 201 g/mol. The predicted octanol–water partition coefficient (Wildman–Crippen LogP) is 0.914. The second kappa shape index (κ2) is 3.27. The van der Waals surface area contributed by atoms with E-state index in [9.17, 15) is 0 Å². The second-order valence-corrected chi connectivity index (χ2v) is 3.38. The molecule has 3 rings (SSSR count). The average Bonchev–Trinajstić information content (AvgIpc) is 2.74. The van der Waals surface area contributed by atoms with E-state index in [4.69, 9.17) is 0 Å². The van der Waals surface area contributed by atoms with Gasteiger partial charge in [0, 0.05) is 18.7 Å². The maximum absolute atomic E-state index is 4.16. The van der Waals surface area contributed by atoms with Crippen LogP contribution in [0.15, 0.2) is 30.3 Å². The Kier molecular flexibility index (Phi) is 1.81. The number of rotatable bonds is 1. The highest BCUT2D eigenvalue weighted by atomic mass is 15.5. The number of aromatic nitrogens is 3. The number of fused-ring (bicyclic) bond motifs is 1. The van der Waals surface area contributed by atoms with Gasteiger partial charge in [0.2, 0.25) is 5.95 Å². The van der Waals surface area contributed by atoms with E-state index in [1.807, 2.05) is 35.0 Å². The molecule has 0 radical (unpaired) electrons. The third-order valence-corrected chi connectivity index (χ3v) is 2.37. The van der Waals surface area contributed by atoms with Crippen molar-refractivity contribution in [1.82, 2.24) is 14.9 Å². The fourth-order valence-corrected chi connectivity index (χ4v) is 1.66. The molecule has 0 fully saturated rings. The first-order valence-electron chi connectivity index (χ1n) is 4.94. The Morgan fingerprint density at radius 3 is 2.80 bits per heavy atom. The highest BCUT2D eigenvalue weighted by Gasteiger charge is 2.15. The molecule has 1 aliphatic heterocycles. The number of nitrogens with one attached hydrogen (secondary N) is 2. The van der Waals surface area contributed by atoms with Crippen molar-refractivity contribution in [3.8, 4) is 11.4 Å². The number of nitrogens with zero attached hydrogens (tertiary/aromatic N) is 3. The van der Waals surface area contributed by atoms with Crippen molar-refractivity contribution in [2.75, 3.05) is 23.8 Å². The van der Waals surface area contributed by atoms with E-state index in [0.717, 1.165) is 30.4 Å². The van der Waals surface area contributed by atoms with Gasteiger partial charge >= 0.3 is 0 Å². The van der Waals surface area contributed by atoms with Crippen LogP contribution in [0.2, 0.25) is 0 Å². The molecule has 1 aliphatic rings. The SMILES string of the molecule is c1ccc(-c2nnc3n2NCCN3)cc1. The van der Waals surface area contributed by atoms with E-state index in [1.165, 1.54) is 0 Å². The first-order chi connectivity index (χ1) is 7.45. The lowest BCUT2D eigenvalue weighted by Gasteiger charge is -2.18. The van der Waals surface area contributed by atoms with Gasteiger partial charge in [-0.2, -0.15) is 0 Å². The zero-order valence-corrected chi connectivity index (χ0v) is 8.14. The molecule has 0 spiro atoms. The van der Waals surface area contributed by atoms with Gasteiger partial charge in [0.05, 0.1) is 0 Å². The molecule has 76 valence electrons. The maximum atomic E-state index is 4.16. The van der Waals surface area contributed by atoms with Gasteiger partial charge in [0.1, 0.15) is 0 Å². The molecule has 2 aromatic rings. The fourth-order valence-electron chi connectivity index (χ4n) is 1.66. The Balaban J connectivity index is 2.09. The molecule has 5 heteroatoms. The third kappa shape index (κ3) is 1.32. The van der Waals surface area contributed by atoms with Gasteiger partial charge in [-0.25, -0.2) is 4.68 Å². The Bertz CT molecular complexity index is 462. The van der Waals surface area contributed by atoms with E-state index >= 15 is 0 Å². The Morgan fingerprint density at radius 2 is 1.93 bits per heavy atom. The largest absolute Gasteiger partial charge is 0.351 e. The minimum atomic E-state index is 0.778. The van der Waals surface area contributed by atoms with E-state index in [0.29, 0.717) is 0 Å². The Hall–Kier alpha value is -2.04. The number of benzene rings is 1. The Labute approximate surface area is 87.1 Å². The smallest absolute Gasteiger partial charge is 0.243 e. The van der Waals surface area contributed by atoms with Crippen LogP contribution in [-0.2, 0) is 0 Å². The van der Waals surface area contributed by atoms with Gasteiger partial charge in [-0.05, 0) is 0 Å². The topological polar surface area (TPSA) is 54.8 Å². The lowest BCUT2D eigenvalue weighted by Crippen LogP contribution is -2.30. The van der Waals surface area contributed by atoms with E-state index < -0.39 is 0 Å². The molecule has 0 amide bonds. The van der Waals surface area contributed by atoms with Crippen molar-refractivity contribution in [2.45, 2.75) is 0 Å². The van der Waals surface area contributed by atoms with Gasteiger partial charge in [0.15, 0.2) is 5.82 Å². The summed E-state index contributed by atoms with van der Waals surface area (Å²) in [7, 11) is 0. The number of anilines is 1. The quantitative estimate of drug-likeness (QED) is 0.720. The van der Waals surface area contributed by atoms with Crippen LogP contribution in [0.5, 0.6) is 0 Å². The van der Waals surface area contributed by atoms with Crippen LogP contribution in [0.25, 0.3) is 11.4 Å². The highest BCUT2D eigenvalue weighted by molar-refractivity contribution is 5.58. The first-order valence-corrected chi connectivity index (χ1v) is 4.94. The minimum absolute atomic E-state index is 0.778. The zero-order chi connectivity index (χ0) is 10.1. The van der Waals surface area contributed by atoms with Gasteiger partial charge in [-0.3, -0.25) is 0 Å². The maximum Gasteiger partial charge on any atom is 0.243 e. The van der Waals surface area contributed by atoms with Crippen molar-refractivity contribution in [1.29, 1.82) is 0 Å². The lowest BCUT2D eigenvalue weighted by molar-refractivity contribution is 0.798.